The molecule has 0 radical (unpaired) electrons. The lowest BCUT2D eigenvalue weighted by atomic mass is 10.3. The molecule has 0 saturated heterocycles. The Bertz CT molecular complexity index is 299. The van der Waals surface area contributed by atoms with Crippen LogP contribution >= 0.6 is 11.6 Å². The predicted octanol–water partition coefficient (Wildman–Crippen LogP) is 2.14. The Kier molecular flexibility index (Phi) is 3.05. The molecule has 0 fully saturated rings. The van der Waals surface area contributed by atoms with Crippen LogP contribution in [0.3, 0.4) is 0 Å². The molecule has 0 aliphatic rings. The molecule has 1 rings (SSSR count). The van der Waals surface area contributed by atoms with Gasteiger partial charge in [0.05, 0.1) is 19.5 Å². The van der Waals surface area contributed by atoms with Crippen molar-refractivity contribution in [3.8, 4) is 0 Å². The summed E-state index contributed by atoms with van der Waals surface area (Å²) in [5, 5.41) is 0.365. The van der Waals surface area contributed by atoms with Gasteiger partial charge < -0.3 is 4.74 Å². The summed E-state index contributed by atoms with van der Waals surface area (Å²) in [5.41, 5.74) is 0.646. The van der Waals surface area contributed by atoms with Crippen molar-refractivity contribution in [3.05, 3.63) is 29.3 Å². The topological polar surface area (TPSA) is 35.0 Å². The fraction of sp³-hybridized carbons (Fsp3) is 0.250. The highest BCUT2D eigenvalue weighted by molar-refractivity contribution is 6.29. The normalized spacial score (nSPS) is 11.4. The van der Waals surface area contributed by atoms with Crippen molar-refractivity contribution >= 4 is 17.4 Å². The van der Waals surface area contributed by atoms with E-state index in [0.717, 1.165) is 0 Å². The predicted molar refractivity (Wildman–Crippen MR) is 47.7 cm³/mol. The highest BCUT2D eigenvalue weighted by Crippen LogP contribution is 2.12. The third kappa shape index (κ3) is 1.95. The summed E-state index contributed by atoms with van der Waals surface area (Å²) >= 11 is 5.65. The molecule has 1 aromatic heterocycles. The van der Waals surface area contributed by atoms with Crippen LogP contribution in [0.2, 0.25) is 5.15 Å². The maximum atomic E-state index is 5.65. The van der Waals surface area contributed by atoms with Crippen molar-refractivity contribution in [2.24, 2.45) is 0 Å². The van der Waals surface area contributed by atoms with Gasteiger partial charge in [0.15, 0.2) is 0 Å². The van der Waals surface area contributed by atoms with Crippen molar-refractivity contribution in [1.82, 2.24) is 9.97 Å². The molecule has 0 saturated carbocycles. The third-order valence-corrected chi connectivity index (χ3v) is 1.52. The van der Waals surface area contributed by atoms with E-state index < -0.39 is 0 Å². The minimum Gasteiger partial charge on any atom is -0.495 e. The van der Waals surface area contributed by atoms with Crippen molar-refractivity contribution < 1.29 is 4.74 Å². The van der Waals surface area contributed by atoms with Gasteiger partial charge >= 0.3 is 0 Å². The second-order valence-electron chi connectivity index (χ2n) is 2.08. The van der Waals surface area contributed by atoms with Crippen LogP contribution in [0.4, 0.5) is 0 Å². The fourth-order valence-corrected chi connectivity index (χ4v) is 0.979. The Morgan fingerprint density at radius 3 is 2.83 bits per heavy atom. The number of nitrogens with zero attached hydrogens (tertiary/aromatic N) is 2. The molecule has 0 unspecified atom stereocenters. The van der Waals surface area contributed by atoms with E-state index in [2.05, 4.69) is 9.97 Å². The molecule has 0 bridgehead atoms. The van der Waals surface area contributed by atoms with Crippen molar-refractivity contribution in [2.45, 2.75) is 6.92 Å². The maximum Gasteiger partial charge on any atom is 0.148 e. The molecule has 0 aliphatic carbocycles. The first-order chi connectivity index (χ1) is 5.77. The Morgan fingerprint density at radius 2 is 2.33 bits per heavy atom. The second-order valence-corrected chi connectivity index (χ2v) is 2.47. The van der Waals surface area contributed by atoms with E-state index >= 15 is 0 Å². The summed E-state index contributed by atoms with van der Waals surface area (Å²) in [4.78, 5) is 7.91. The SMILES string of the molecule is CC=C(OC)c1cncc(Cl)n1. The van der Waals surface area contributed by atoms with Crippen LogP contribution in [0.1, 0.15) is 12.6 Å². The largest absolute Gasteiger partial charge is 0.495 e. The number of methoxy groups -OCH3 is 1. The number of hydrogen-bond donors (Lipinski definition) is 0. The molecule has 1 heterocycles. The highest BCUT2D eigenvalue weighted by Gasteiger charge is 2.01. The standard InChI is InChI=1S/C8H9ClN2O/c1-3-7(12-2)6-4-10-5-8(9)11-6/h3-5H,1-2H3. The van der Waals surface area contributed by atoms with E-state index in [4.69, 9.17) is 16.3 Å². The van der Waals surface area contributed by atoms with Crippen LogP contribution in [-0.4, -0.2) is 17.1 Å². The molecule has 0 amide bonds. The lowest BCUT2D eigenvalue weighted by molar-refractivity contribution is 0.367. The Labute approximate surface area is 76.1 Å². The summed E-state index contributed by atoms with van der Waals surface area (Å²) in [6.07, 6.45) is 4.89. The second kappa shape index (κ2) is 4.07. The number of halogens is 1. The van der Waals surface area contributed by atoms with Crippen LogP contribution < -0.4 is 0 Å². The molecule has 0 spiro atoms. The molecule has 0 aromatic carbocycles. The van der Waals surface area contributed by atoms with Crippen molar-refractivity contribution in [1.29, 1.82) is 0 Å². The van der Waals surface area contributed by atoms with Gasteiger partial charge in [0, 0.05) is 0 Å². The summed E-state index contributed by atoms with van der Waals surface area (Å²) < 4.78 is 5.04. The molecule has 3 nitrogen and oxygen atoms in total. The summed E-state index contributed by atoms with van der Waals surface area (Å²) in [5.74, 6) is 0.671. The minimum atomic E-state index is 0.365. The zero-order valence-electron chi connectivity index (χ0n) is 6.91. The Balaban J connectivity index is 3.02. The first kappa shape index (κ1) is 9.00. The molecule has 4 heteroatoms. The van der Waals surface area contributed by atoms with Crippen LogP contribution in [0.25, 0.3) is 5.76 Å². The first-order valence-electron chi connectivity index (χ1n) is 3.46. The van der Waals surface area contributed by atoms with E-state index in [1.807, 2.05) is 6.92 Å². The molecule has 0 N–H and O–H groups in total. The van der Waals surface area contributed by atoms with Crippen molar-refractivity contribution in [3.63, 3.8) is 0 Å². The minimum absolute atomic E-state index is 0.365. The molecule has 12 heavy (non-hydrogen) atoms. The molecule has 64 valence electrons. The van der Waals surface area contributed by atoms with Gasteiger partial charge in [-0.3, -0.25) is 4.98 Å². The fourth-order valence-electron chi connectivity index (χ4n) is 0.831. The van der Waals surface area contributed by atoms with Crippen LogP contribution in [0.5, 0.6) is 0 Å². The van der Waals surface area contributed by atoms with Gasteiger partial charge in [0.1, 0.15) is 16.6 Å². The van der Waals surface area contributed by atoms with E-state index in [-0.39, 0.29) is 0 Å². The zero-order chi connectivity index (χ0) is 8.97. The first-order valence-corrected chi connectivity index (χ1v) is 3.84. The van der Waals surface area contributed by atoms with Crippen LogP contribution in [-0.2, 0) is 4.74 Å². The Morgan fingerprint density at radius 1 is 1.58 bits per heavy atom. The molecule has 0 atom stereocenters. The lowest BCUT2D eigenvalue weighted by Gasteiger charge is -2.03. The number of allylic oxidation sites excluding steroid dienone is 1. The quantitative estimate of drug-likeness (QED) is 0.661. The van der Waals surface area contributed by atoms with Crippen molar-refractivity contribution in [2.75, 3.05) is 7.11 Å². The number of hydrogen-bond acceptors (Lipinski definition) is 3. The van der Waals surface area contributed by atoms with E-state index in [1.54, 1.807) is 19.4 Å². The van der Waals surface area contributed by atoms with E-state index in [9.17, 15) is 0 Å². The Hall–Kier alpha value is -1.09. The van der Waals surface area contributed by atoms with E-state index in [1.165, 1.54) is 6.20 Å². The van der Waals surface area contributed by atoms with Gasteiger partial charge in [0.25, 0.3) is 0 Å². The zero-order valence-corrected chi connectivity index (χ0v) is 7.67. The van der Waals surface area contributed by atoms with Gasteiger partial charge in [-0.1, -0.05) is 11.6 Å². The highest BCUT2D eigenvalue weighted by atomic mass is 35.5. The average Bonchev–Trinajstić information content (AvgIpc) is 2.07. The third-order valence-electron chi connectivity index (χ3n) is 1.34. The monoisotopic (exact) mass is 184 g/mol. The number of ether oxygens (including phenoxy) is 1. The lowest BCUT2D eigenvalue weighted by Crippen LogP contribution is -1.92. The molecule has 0 aliphatic heterocycles. The van der Waals surface area contributed by atoms with Gasteiger partial charge in [0.2, 0.25) is 0 Å². The molecular formula is C8H9ClN2O. The summed E-state index contributed by atoms with van der Waals surface area (Å²) in [7, 11) is 1.58. The molecular weight excluding hydrogens is 176 g/mol. The maximum absolute atomic E-state index is 5.65. The number of aromatic nitrogens is 2. The van der Waals surface area contributed by atoms with Crippen LogP contribution in [0.15, 0.2) is 18.5 Å². The van der Waals surface area contributed by atoms with Crippen LogP contribution in [0, 0.1) is 0 Å². The summed E-state index contributed by atoms with van der Waals surface area (Å²) in [6.45, 7) is 1.86. The number of rotatable bonds is 2. The van der Waals surface area contributed by atoms with Gasteiger partial charge in [-0.15, -0.1) is 0 Å². The van der Waals surface area contributed by atoms with Gasteiger partial charge in [-0.2, -0.15) is 0 Å². The molecule has 1 aromatic rings. The van der Waals surface area contributed by atoms with Gasteiger partial charge in [-0.25, -0.2) is 4.98 Å². The smallest absolute Gasteiger partial charge is 0.148 e. The van der Waals surface area contributed by atoms with Gasteiger partial charge in [-0.05, 0) is 13.0 Å². The summed E-state index contributed by atoms with van der Waals surface area (Å²) in [6, 6.07) is 0. The van der Waals surface area contributed by atoms with E-state index in [0.29, 0.717) is 16.6 Å². The average molecular weight is 185 g/mol.